The van der Waals surface area contributed by atoms with Crippen molar-refractivity contribution in [3.63, 3.8) is 0 Å². The molecule has 0 aromatic heterocycles. The van der Waals surface area contributed by atoms with Gasteiger partial charge in [0.05, 0.1) is 3.92 Å². The van der Waals surface area contributed by atoms with Crippen LogP contribution in [0.5, 0.6) is 0 Å². The molecule has 0 heterocycles. The number of hydrogen-bond acceptors (Lipinski definition) is 1. The predicted octanol–water partition coefficient (Wildman–Crippen LogP) is 3.02. The summed E-state index contributed by atoms with van der Waals surface area (Å²) in [5.41, 5.74) is 1.05. The van der Waals surface area contributed by atoms with Crippen LogP contribution >= 0.6 is 34.2 Å². The topological polar surface area (TPSA) is 17.1 Å². The fourth-order valence-corrected chi connectivity index (χ4v) is 1.54. The van der Waals surface area contributed by atoms with Crippen molar-refractivity contribution in [2.45, 2.75) is 3.92 Å². The van der Waals surface area contributed by atoms with E-state index < -0.39 is 0 Å². The zero-order chi connectivity index (χ0) is 9.68. The zero-order valence-electron chi connectivity index (χ0n) is 6.63. The summed E-state index contributed by atoms with van der Waals surface area (Å²) in [4.78, 5) is 10.00. The molecule has 1 aromatic carbocycles. The number of aldehydes is 1. The normalized spacial score (nSPS) is 11.2. The van der Waals surface area contributed by atoms with Gasteiger partial charge in [-0.25, -0.2) is 0 Å². The lowest BCUT2D eigenvalue weighted by Crippen LogP contribution is -1.84. The minimum Gasteiger partial charge on any atom is -0.289 e. The van der Waals surface area contributed by atoms with E-state index in [0.29, 0.717) is 11.3 Å². The highest BCUT2D eigenvalue weighted by atomic mass is 127. The van der Waals surface area contributed by atoms with Crippen molar-refractivity contribution in [2.75, 3.05) is 0 Å². The maximum Gasteiger partial charge on any atom is 0.192 e. The quantitative estimate of drug-likeness (QED) is 0.337. The maximum absolute atomic E-state index is 10.00. The van der Waals surface area contributed by atoms with E-state index in [0.717, 1.165) is 5.56 Å². The highest BCUT2D eigenvalue weighted by Gasteiger charge is 2.01. The molecule has 1 atom stereocenters. The highest BCUT2D eigenvalue weighted by molar-refractivity contribution is 14.1. The number of hydrogen-bond donors (Lipinski definition) is 0. The van der Waals surface area contributed by atoms with Gasteiger partial charge in [0.1, 0.15) is 0 Å². The summed E-state index contributed by atoms with van der Waals surface area (Å²) in [5.74, 6) is 5.18. The SMILES string of the molecule is O=CC#CC(I)c1ccc(Cl)cc1. The minimum absolute atomic E-state index is 0.0417. The second kappa shape index (κ2) is 5.25. The Hall–Kier alpha value is -0.530. The van der Waals surface area contributed by atoms with Gasteiger partial charge in [0.25, 0.3) is 0 Å². The van der Waals surface area contributed by atoms with Crippen LogP contribution in [0, 0.1) is 11.8 Å². The van der Waals surface area contributed by atoms with E-state index in [1.807, 2.05) is 24.3 Å². The van der Waals surface area contributed by atoms with Gasteiger partial charge < -0.3 is 0 Å². The molecule has 0 aliphatic carbocycles. The van der Waals surface area contributed by atoms with E-state index in [2.05, 4.69) is 34.4 Å². The Kier molecular flexibility index (Phi) is 4.26. The first-order valence-electron chi connectivity index (χ1n) is 3.58. The number of rotatable bonds is 1. The number of benzene rings is 1. The van der Waals surface area contributed by atoms with Gasteiger partial charge >= 0.3 is 0 Å². The molecule has 0 amide bonds. The summed E-state index contributed by atoms with van der Waals surface area (Å²) in [6, 6.07) is 7.42. The molecule has 0 saturated heterocycles. The Morgan fingerprint density at radius 1 is 1.38 bits per heavy atom. The van der Waals surface area contributed by atoms with Gasteiger partial charge in [0, 0.05) is 5.02 Å². The third-order valence-corrected chi connectivity index (χ3v) is 2.71. The Morgan fingerprint density at radius 2 is 2.00 bits per heavy atom. The summed E-state index contributed by atoms with van der Waals surface area (Å²) in [5, 5.41) is 0.704. The first-order chi connectivity index (χ1) is 6.24. The third-order valence-electron chi connectivity index (χ3n) is 1.43. The van der Waals surface area contributed by atoms with Gasteiger partial charge in [-0.3, -0.25) is 4.79 Å². The first kappa shape index (κ1) is 10.6. The largest absolute Gasteiger partial charge is 0.289 e. The highest BCUT2D eigenvalue weighted by Crippen LogP contribution is 2.23. The first-order valence-corrected chi connectivity index (χ1v) is 5.20. The lowest BCUT2D eigenvalue weighted by molar-refractivity contribution is -0.103. The van der Waals surface area contributed by atoms with Crippen LogP contribution in [0.4, 0.5) is 0 Å². The Balaban J connectivity index is 2.83. The Bertz CT molecular complexity index is 347. The maximum atomic E-state index is 10.00. The molecule has 0 radical (unpaired) electrons. The van der Waals surface area contributed by atoms with Gasteiger partial charge in [-0.15, -0.1) is 0 Å². The molecule has 0 bridgehead atoms. The smallest absolute Gasteiger partial charge is 0.192 e. The Labute approximate surface area is 95.6 Å². The van der Waals surface area contributed by atoms with Crippen molar-refractivity contribution in [1.29, 1.82) is 0 Å². The number of alkyl halides is 1. The van der Waals surface area contributed by atoms with E-state index >= 15 is 0 Å². The molecular formula is C10H6ClIO. The van der Waals surface area contributed by atoms with Gasteiger partial charge in [-0.1, -0.05) is 52.2 Å². The second-order valence-electron chi connectivity index (χ2n) is 2.32. The van der Waals surface area contributed by atoms with Crippen LogP contribution in [0.25, 0.3) is 0 Å². The third kappa shape index (κ3) is 3.37. The lowest BCUT2D eigenvalue weighted by atomic mass is 10.2. The van der Waals surface area contributed by atoms with Crippen LogP contribution in [0.15, 0.2) is 24.3 Å². The van der Waals surface area contributed by atoms with Crippen molar-refractivity contribution in [3.8, 4) is 11.8 Å². The lowest BCUT2D eigenvalue weighted by Gasteiger charge is -2.01. The van der Waals surface area contributed by atoms with Crippen molar-refractivity contribution in [2.24, 2.45) is 0 Å². The van der Waals surface area contributed by atoms with Gasteiger partial charge in [-0.2, -0.15) is 0 Å². The molecule has 0 fully saturated rings. The molecule has 0 aliphatic rings. The molecule has 1 aromatic rings. The zero-order valence-corrected chi connectivity index (χ0v) is 9.54. The van der Waals surface area contributed by atoms with Gasteiger partial charge in [-0.05, 0) is 23.6 Å². The molecule has 0 aliphatic heterocycles. The van der Waals surface area contributed by atoms with Gasteiger partial charge in [0.2, 0.25) is 0 Å². The van der Waals surface area contributed by atoms with E-state index in [4.69, 9.17) is 11.6 Å². The van der Waals surface area contributed by atoms with Crippen LogP contribution in [0.3, 0.4) is 0 Å². The van der Waals surface area contributed by atoms with Crippen molar-refractivity contribution in [3.05, 3.63) is 34.9 Å². The average molecular weight is 305 g/mol. The van der Waals surface area contributed by atoms with Crippen molar-refractivity contribution >= 4 is 40.5 Å². The Morgan fingerprint density at radius 3 is 2.54 bits per heavy atom. The van der Waals surface area contributed by atoms with E-state index in [9.17, 15) is 4.79 Å². The van der Waals surface area contributed by atoms with E-state index in [1.165, 1.54) is 0 Å². The summed E-state index contributed by atoms with van der Waals surface area (Å²) in [6.45, 7) is 0. The standard InChI is InChI=1S/C10H6ClIO/c11-9-5-3-8(4-6-9)10(12)2-1-7-13/h3-7,10H. The fourth-order valence-electron chi connectivity index (χ4n) is 0.822. The van der Waals surface area contributed by atoms with E-state index in [-0.39, 0.29) is 3.92 Å². The van der Waals surface area contributed by atoms with Crippen LogP contribution in [0.2, 0.25) is 5.02 Å². The molecule has 0 saturated carbocycles. The fraction of sp³-hybridized carbons (Fsp3) is 0.100. The molecule has 1 unspecified atom stereocenters. The number of halogens is 2. The van der Waals surface area contributed by atoms with Crippen LogP contribution in [0.1, 0.15) is 9.49 Å². The second-order valence-corrected chi connectivity index (χ2v) is 4.00. The number of carbonyl (C=O) groups excluding carboxylic acids is 1. The van der Waals surface area contributed by atoms with Crippen LogP contribution in [-0.2, 0) is 4.79 Å². The minimum atomic E-state index is 0.0417. The summed E-state index contributed by atoms with van der Waals surface area (Å²) < 4.78 is 0.0417. The van der Waals surface area contributed by atoms with Crippen LogP contribution in [-0.4, -0.2) is 6.29 Å². The molecule has 1 nitrogen and oxygen atoms in total. The molecular weight excluding hydrogens is 298 g/mol. The van der Waals surface area contributed by atoms with Crippen molar-refractivity contribution in [1.82, 2.24) is 0 Å². The molecule has 13 heavy (non-hydrogen) atoms. The molecule has 0 N–H and O–H groups in total. The van der Waals surface area contributed by atoms with Crippen molar-refractivity contribution < 1.29 is 4.79 Å². The summed E-state index contributed by atoms with van der Waals surface area (Å²) in [6.07, 6.45) is 0.599. The molecule has 1 rings (SSSR count). The number of carbonyl (C=O) groups is 1. The van der Waals surface area contributed by atoms with E-state index in [1.54, 1.807) is 0 Å². The van der Waals surface area contributed by atoms with Crippen LogP contribution < -0.4 is 0 Å². The molecule has 0 spiro atoms. The monoisotopic (exact) mass is 304 g/mol. The summed E-state index contributed by atoms with van der Waals surface area (Å²) in [7, 11) is 0. The molecule has 3 heteroatoms. The summed E-state index contributed by atoms with van der Waals surface area (Å²) >= 11 is 7.89. The van der Waals surface area contributed by atoms with Gasteiger partial charge in [0.15, 0.2) is 6.29 Å². The average Bonchev–Trinajstić information content (AvgIpc) is 2.15. The predicted molar refractivity (Wildman–Crippen MR) is 62.1 cm³/mol. The molecule has 66 valence electrons.